The largest absolute Gasteiger partial charge is 0.417 e. The Labute approximate surface area is 353 Å². The van der Waals surface area contributed by atoms with Crippen molar-refractivity contribution >= 4 is 60.7 Å². The van der Waals surface area contributed by atoms with E-state index in [4.69, 9.17) is 19.7 Å². The van der Waals surface area contributed by atoms with Crippen molar-refractivity contribution in [3.05, 3.63) is 209 Å². The van der Waals surface area contributed by atoms with E-state index in [-0.39, 0.29) is 22.4 Å². The topological polar surface area (TPSA) is 46.7 Å². The molecule has 0 fully saturated rings. The van der Waals surface area contributed by atoms with Crippen molar-refractivity contribution in [2.24, 2.45) is 0 Å². The molecule has 0 atom stereocenters. The van der Waals surface area contributed by atoms with Crippen molar-refractivity contribution < 1.29 is 13.2 Å². The third-order valence-electron chi connectivity index (χ3n) is 11.5. The molecule has 0 bridgehead atoms. The SMILES string of the molecule is [C-]#[N+]c1ccccc1-c1ccc2c(c1)c1ccccc1n2-c1cc([N+]#[C-])c(-c2ccc(C#N)cc2C(F)(F)F)cc1-n1c2ccccc2c2cc(-c3ccccc3[N+]#[C-])ccc21. The molecule has 2 aromatic heterocycles. The van der Waals surface area contributed by atoms with Crippen LogP contribution in [0.4, 0.5) is 30.2 Å². The van der Waals surface area contributed by atoms with E-state index in [1.54, 1.807) is 24.3 Å². The van der Waals surface area contributed by atoms with Gasteiger partial charge in [0.1, 0.15) is 0 Å². The van der Waals surface area contributed by atoms with Gasteiger partial charge in [-0.3, -0.25) is 0 Å². The Morgan fingerprint density at radius 3 is 1.40 bits per heavy atom. The molecule has 0 amide bonds. The van der Waals surface area contributed by atoms with Crippen LogP contribution in [0.1, 0.15) is 11.1 Å². The predicted octanol–water partition coefficient (Wildman–Crippen LogP) is 15.4. The second kappa shape index (κ2) is 14.4. The van der Waals surface area contributed by atoms with Gasteiger partial charge in [-0.05, 0) is 94.0 Å². The molecule has 0 saturated carbocycles. The number of nitriles is 1. The van der Waals surface area contributed by atoms with Gasteiger partial charge in [-0.1, -0.05) is 103 Å². The lowest BCUT2D eigenvalue weighted by molar-refractivity contribution is -0.137. The Morgan fingerprint density at radius 2 is 0.903 bits per heavy atom. The molecule has 0 N–H and O–H groups in total. The summed E-state index contributed by atoms with van der Waals surface area (Å²) in [6.45, 7) is 24.1. The highest BCUT2D eigenvalue weighted by molar-refractivity contribution is 6.13. The van der Waals surface area contributed by atoms with Crippen molar-refractivity contribution in [2.75, 3.05) is 0 Å². The minimum atomic E-state index is -4.83. The zero-order valence-electron chi connectivity index (χ0n) is 32.4. The lowest BCUT2D eigenvalue weighted by atomic mass is 9.95. The van der Waals surface area contributed by atoms with Crippen molar-refractivity contribution in [1.82, 2.24) is 9.13 Å². The zero-order chi connectivity index (χ0) is 42.7. The molecule has 0 radical (unpaired) electrons. The lowest BCUT2D eigenvalue weighted by Gasteiger charge is -2.21. The van der Waals surface area contributed by atoms with Gasteiger partial charge in [0, 0.05) is 21.5 Å². The maximum Gasteiger partial charge on any atom is 0.417 e. The van der Waals surface area contributed by atoms with E-state index in [1.807, 2.05) is 130 Å². The Morgan fingerprint density at radius 1 is 0.435 bits per heavy atom. The van der Waals surface area contributed by atoms with Gasteiger partial charge in [0.05, 0.1) is 70.4 Å². The monoisotopic (exact) mass is 804 g/mol. The first kappa shape index (κ1) is 37.4. The molecule has 9 heteroatoms. The van der Waals surface area contributed by atoms with Crippen LogP contribution in [0.15, 0.2) is 164 Å². The van der Waals surface area contributed by atoms with Crippen molar-refractivity contribution in [2.45, 2.75) is 6.18 Å². The summed E-state index contributed by atoms with van der Waals surface area (Å²) < 4.78 is 48.9. The quantitative estimate of drug-likeness (QED) is 0.160. The van der Waals surface area contributed by atoms with E-state index < -0.39 is 11.7 Å². The maximum absolute atomic E-state index is 14.9. The number of benzene rings is 8. The van der Waals surface area contributed by atoms with Gasteiger partial charge < -0.3 is 9.13 Å². The van der Waals surface area contributed by atoms with Gasteiger partial charge in [-0.25, -0.2) is 14.5 Å². The molecule has 0 saturated heterocycles. The van der Waals surface area contributed by atoms with Gasteiger partial charge in [0.15, 0.2) is 17.1 Å². The van der Waals surface area contributed by atoms with Crippen LogP contribution in [0.2, 0.25) is 0 Å². The van der Waals surface area contributed by atoms with Crippen LogP contribution in [-0.4, -0.2) is 9.13 Å². The third-order valence-corrected chi connectivity index (χ3v) is 11.5. The first-order valence-electron chi connectivity index (χ1n) is 19.4. The third kappa shape index (κ3) is 5.85. The zero-order valence-corrected chi connectivity index (χ0v) is 32.4. The Hall–Kier alpha value is -8.89. The van der Waals surface area contributed by atoms with Crippen LogP contribution in [0.25, 0.3) is 103 Å². The van der Waals surface area contributed by atoms with Crippen molar-refractivity contribution in [3.63, 3.8) is 0 Å². The van der Waals surface area contributed by atoms with Crippen molar-refractivity contribution in [1.29, 1.82) is 5.26 Å². The fourth-order valence-corrected chi connectivity index (χ4v) is 8.75. The number of halogens is 3. The van der Waals surface area contributed by atoms with E-state index >= 15 is 0 Å². The van der Waals surface area contributed by atoms with E-state index in [0.29, 0.717) is 22.7 Å². The number of nitrogens with zero attached hydrogens (tertiary/aromatic N) is 6. The number of fused-ring (bicyclic) bond motifs is 6. The molecule has 62 heavy (non-hydrogen) atoms. The van der Waals surface area contributed by atoms with Crippen LogP contribution in [-0.2, 0) is 6.18 Å². The molecule has 10 aromatic rings. The Bertz CT molecular complexity index is 3690. The minimum Gasteiger partial charge on any atom is -0.308 e. The minimum absolute atomic E-state index is 0.00806. The molecule has 0 aliphatic heterocycles. The fourth-order valence-electron chi connectivity index (χ4n) is 8.75. The summed E-state index contributed by atoms with van der Waals surface area (Å²) in [7, 11) is 0. The van der Waals surface area contributed by atoms with Gasteiger partial charge in [-0.15, -0.1) is 0 Å². The van der Waals surface area contributed by atoms with Crippen LogP contribution >= 0.6 is 0 Å². The highest BCUT2D eigenvalue weighted by atomic mass is 19.4. The summed E-state index contributed by atoms with van der Waals surface area (Å²) in [6.07, 6.45) is -4.83. The van der Waals surface area contributed by atoms with Gasteiger partial charge >= 0.3 is 6.18 Å². The summed E-state index contributed by atoms with van der Waals surface area (Å²) >= 11 is 0. The summed E-state index contributed by atoms with van der Waals surface area (Å²) in [6, 6.07) is 51.0. The van der Waals surface area contributed by atoms with Crippen LogP contribution in [0.3, 0.4) is 0 Å². The first-order chi connectivity index (χ1) is 30.2. The molecule has 0 aliphatic rings. The van der Waals surface area contributed by atoms with Gasteiger partial charge in [-0.2, -0.15) is 18.4 Å². The molecule has 290 valence electrons. The van der Waals surface area contributed by atoms with E-state index in [2.05, 4.69) is 20.6 Å². The molecule has 0 unspecified atom stereocenters. The smallest absolute Gasteiger partial charge is 0.308 e. The summed E-state index contributed by atoms with van der Waals surface area (Å²) in [5, 5.41) is 13.1. The van der Waals surface area contributed by atoms with Crippen molar-refractivity contribution in [3.8, 4) is 50.8 Å². The number of hydrogen-bond donors (Lipinski definition) is 0. The average molecular weight is 805 g/mol. The van der Waals surface area contributed by atoms with E-state index in [1.165, 1.54) is 12.1 Å². The predicted molar refractivity (Wildman–Crippen MR) is 240 cm³/mol. The normalized spacial score (nSPS) is 11.4. The summed E-state index contributed by atoms with van der Waals surface area (Å²) in [4.78, 5) is 11.4. The number of alkyl halides is 3. The molecule has 8 aromatic carbocycles. The lowest BCUT2D eigenvalue weighted by Crippen LogP contribution is -2.09. The summed E-state index contributed by atoms with van der Waals surface area (Å²) in [5.74, 6) is 0. The Kier molecular flexibility index (Phi) is 8.70. The first-order valence-corrected chi connectivity index (χ1v) is 19.4. The standard InChI is InChI=1S/C53H27F3N6/c1-58-44-16-8-4-12-35(44)33-21-24-49-41(27-33)38-14-6-10-18-47(38)61(49)51-29-40(37-23-20-32(31-57)26-43(37)53(54,55)56)46(60-3)30-52(51)62-48-19-11-7-15-39(48)42-28-34(22-25-50(42)62)36-13-5-9-17-45(36)59-2/h4-30H. The maximum atomic E-state index is 14.9. The number of para-hydroxylation sites is 4. The van der Waals surface area contributed by atoms with E-state index in [9.17, 15) is 18.4 Å². The molecule has 6 nitrogen and oxygen atoms in total. The molecular formula is C53H27F3N6. The van der Waals surface area contributed by atoms with Crippen LogP contribution in [0, 0.1) is 31.0 Å². The molecule has 2 heterocycles. The highest BCUT2D eigenvalue weighted by Crippen LogP contribution is 2.47. The molecule has 0 spiro atoms. The number of hydrogen-bond acceptors (Lipinski definition) is 1. The number of aromatic nitrogens is 2. The van der Waals surface area contributed by atoms with Gasteiger partial charge in [0.25, 0.3) is 0 Å². The fraction of sp³-hybridized carbons (Fsp3) is 0.0189. The average Bonchev–Trinajstić information content (AvgIpc) is 3.82. The second-order valence-corrected chi connectivity index (χ2v) is 14.8. The van der Waals surface area contributed by atoms with Crippen LogP contribution < -0.4 is 0 Å². The molecular weight excluding hydrogens is 778 g/mol. The Balaban J connectivity index is 1.34. The summed E-state index contributed by atoms with van der Waals surface area (Å²) in [5.41, 5.74) is 7.10. The molecule has 0 aliphatic carbocycles. The van der Waals surface area contributed by atoms with E-state index in [0.717, 1.165) is 71.9 Å². The van der Waals surface area contributed by atoms with Crippen LogP contribution in [0.5, 0.6) is 0 Å². The number of rotatable bonds is 5. The highest BCUT2D eigenvalue weighted by Gasteiger charge is 2.35. The molecule has 10 rings (SSSR count). The second-order valence-electron chi connectivity index (χ2n) is 14.8. The van der Waals surface area contributed by atoms with Gasteiger partial charge in [0.2, 0.25) is 0 Å².